The van der Waals surface area contributed by atoms with Crippen LogP contribution in [-0.2, 0) is 13.5 Å². The quantitative estimate of drug-likeness (QED) is 0.402. The molecule has 0 fully saturated rings. The molecule has 1 aromatic rings. The van der Waals surface area contributed by atoms with Crippen molar-refractivity contribution in [1.82, 2.24) is 0 Å². The summed E-state index contributed by atoms with van der Waals surface area (Å²) in [5.41, 5.74) is 1.37. The van der Waals surface area contributed by atoms with Gasteiger partial charge in [-0.25, -0.2) is 4.57 Å². The molecule has 0 radical (unpaired) electrons. The molecule has 1 rings (SSSR count). The molecule has 1 nitrogen and oxygen atoms in total. The summed E-state index contributed by atoms with van der Waals surface area (Å²) in [5.74, 6) is 0. The summed E-state index contributed by atoms with van der Waals surface area (Å²) >= 11 is 0. The Bertz CT molecular complexity index is 345. The minimum absolute atomic E-state index is 1.11. The van der Waals surface area contributed by atoms with Gasteiger partial charge in [0, 0.05) is 18.6 Å². The van der Waals surface area contributed by atoms with E-state index in [2.05, 4.69) is 36.9 Å². The third-order valence-electron chi connectivity index (χ3n) is 1.52. The first-order chi connectivity index (χ1) is 6.79. The zero-order valence-electron chi connectivity index (χ0n) is 8.68. The van der Waals surface area contributed by atoms with E-state index in [-0.39, 0.29) is 0 Å². The fraction of sp³-hybridized carbons (Fsp3) is 0.375. The molecule has 0 bridgehead atoms. The predicted octanol–water partition coefficient (Wildman–Crippen LogP) is 4.46. The molecule has 0 aliphatic heterocycles. The number of aryl methyl sites for hydroxylation is 2. The van der Waals surface area contributed by atoms with Gasteiger partial charge >= 0.3 is 33.0 Å². The van der Waals surface area contributed by atoms with Gasteiger partial charge in [0.2, 0.25) is 0 Å². The maximum atomic E-state index is 9.87. The van der Waals surface area contributed by atoms with Gasteiger partial charge < -0.3 is 0 Å². The molecule has 0 aliphatic carbocycles. The minimum atomic E-state index is -10.7. The Kier molecular flexibility index (Phi) is 3.67. The molecule has 0 N–H and O–H groups in total. The van der Waals surface area contributed by atoms with E-state index in [0.29, 0.717) is 0 Å². The number of hydrogen-bond donors (Lipinski definition) is 0. The van der Waals surface area contributed by atoms with Crippen molar-refractivity contribution in [3.63, 3.8) is 0 Å². The molecule has 0 spiro atoms. The summed E-state index contributed by atoms with van der Waals surface area (Å²) in [7, 11) is -8.59. The van der Waals surface area contributed by atoms with Gasteiger partial charge in [-0.1, -0.05) is 13.0 Å². The molecular formula is C8H12F6NP. The molecule has 0 atom stereocenters. The van der Waals surface area contributed by atoms with Gasteiger partial charge in [0.25, 0.3) is 0 Å². The van der Waals surface area contributed by atoms with E-state index in [4.69, 9.17) is 0 Å². The molecule has 96 valence electrons. The Morgan fingerprint density at radius 3 is 1.75 bits per heavy atom. The van der Waals surface area contributed by atoms with Crippen molar-refractivity contribution in [2.75, 3.05) is 0 Å². The van der Waals surface area contributed by atoms with Gasteiger partial charge in [0.05, 0.1) is 0 Å². The summed E-state index contributed by atoms with van der Waals surface area (Å²) in [6.45, 7) is 2.16. The fourth-order valence-electron chi connectivity index (χ4n) is 0.926. The Balaban J connectivity index is 0.000000293. The van der Waals surface area contributed by atoms with E-state index in [1.165, 1.54) is 5.69 Å². The second-order valence-electron chi connectivity index (χ2n) is 3.11. The maximum absolute atomic E-state index is 10.7. The van der Waals surface area contributed by atoms with Crippen molar-refractivity contribution in [3.8, 4) is 0 Å². The van der Waals surface area contributed by atoms with Crippen LogP contribution in [0.15, 0.2) is 24.4 Å². The fourth-order valence-corrected chi connectivity index (χ4v) is 0.926. The average Bonchev–Trinajstić information content (AvgIpc) is 1.99. The van der Waals surface area contributed by atoms with E-state index >= 15 is 0 Å². The zero-order chi connectivity index (χ0) is 13.1. The summed E-state index contributed by atoms with van der Waals surface area (Å²) < 4.78 is 61.3. The van der Waals surface area contributed by atoms with Gasteiger partial charge in [0.1, 0.15) is 7.05 Å². The van der Waals surface area contributed by atoms with Crippen LogP contribution in [0.3, 0.4) is 0 Å². The Morgan fingerprint density at radius 2 is 1.50 bits per heavy atom. The van der Waals surface area contributed by atoms with Crippen molar-refractivity contribution < 1.29 is 29.7 Å². The molecule has 0 aliphatic rings. The van der Waals surface area contributed by atoms with E-state index in [9.17, 15) is 25.2 Å². The Hall–Kier alpha value is -0.840. The molecule has 0 aromatic carbocycles. The number of halogens is 6. The van der Waals surface area contributed by atoms with Gasteiger partial charge in [-0.2, -0.15) is 0 Å². The summed E-state index contributed by atoms with van der Waals surface area (Å²) in [5, 5.41) is 0. The number of nitrogens with zero attached hydrogens (tertiary/aromatic N) is 1. The monoisotopic (exact) mass is 267 g/mol. The topological polar surface area (TPSA) is 3.88 Å². The SMILES string of the molecule is CCc1cccc[n+]1C.F[P-](F)(F)(F)(F)F. The average molecular weight is 267 g/mol. The second-order valence-corrected chi connectivity index (χ2v) is 5.03. The van der Waals surface area contributed by atoms with Crippen LogP contribution in [0.1, 0.15) is 12.6 Å². The predicted molar refractivity (Wildman–Crippen MR) is 50.6 cm³/mol. The molecule has 0 unspecified atom stereocenters. The van der Waals surface area contributed by atoms with Crippen LogP contribution in [-0.4, -0.2) is 0 Å². The zero-order valence-corrected chi connectivity index (χ0v) is 9.57. The van der Waals surface area contributed by atoms with E-state index in [1.54, 1.807) is 0 Å². The molecule has 1 heterocycles. The number of aromatic nitrogens is 1. The Morgan fingerprint density at radius 1 is 1.06 bits per heavy atom. The van der Waals surface area contributed by atoms with Crippen LogP contribution in [0.4, 0.5) is 25.2 Å². The first-order valence-electron chi connectivity index (χ1n) is 4.29. The van der Waals surface area contributed by atoms with Crippen LogP contribution in [0.5, 0.6) is 0 Å². The third kappa shape index (κ3) is 13.2. The van der Waals surface area contributed by atoms with E-state index in [0.717, 1.165) is 6.42 Å². The molecule has 0 saturated carbocycles. The Labute approximate surface area is 88.9 Å². The molecule has 16 heavy (non-hydrogen) atoms. The number of rotatable bonds is 1. The molecule has 1 aromatic heterocycles. The standard InChI is InChI=1S/C8H12N.F6P/c1-3-8-6-4-5-7-9(8)2;1-7(2,3,4,5)6/h4-7H,3H2,1-2H3;/q+1;-1. The summed E-state index contributed by atoms with van der Waals surface area (Å²) in [6.07, 6.45) is 3.18. The second kappa shape index (κ2) is 3.87. The summed E-state index contributed by atoms with van der Waals surface area (Å²) in [6, 6.07) is 6.25. The first-order valence-corrected chi connectivity index (χ1v) is 6.32. The molecule has 0 amide bonds. The van der Waals surface area contributed by atoms with Gasteiger partial charge in [-0.3, -0.25) is 0 Å². The van der Waals surface area contributed by atoms with Crippen molar-refractivity contribution in [2.24, 2.45) is 7.05 Å². The molecule has 0 saturated heterocycles. The van der Waals surface area contributed by atoms with Gasteiger partial charge in [-0.15, -0.1) is 0 Å². The van der Waals surface area contributed by atoms with Crippen LogP contribution in [0.25, 0.3) is 0 Å². The van der Waals surface area contributed by atoms with Crippen molar-refractivity contribution in [1.29, 1.82) is 0 Å². The first kappa shape index (κ1) is 15.2. The van der Waals surface area contributed by atoms with Crippen LogP contribution >= 0.6 is 7.81 Å². The van der Waals surface area contributed by atoms with Crippen molar-refractivity contribution >= 4 is 7.81 Å². The van der Waals surface area contributed by atoms with Crippen LogP contribution in [0, 0.1) is 0 Å². The van der Waals surface area contributed by atoms with Crippen molar-refractivity contribution in [3.05, 3.63) is 30.1 Å². The van der Waals surface area contributed by atoms with E-state index < -0.39 is 7.81 Å². The third-order valence-corrected chi connectivity index (χ3v) is 1.52. The number of hydrogen-bond acceptors (Lipinski definition) is 0. The van der Waals surface area contributed by atoms with E-state index in [1.807, 2.05) is 6.07 Å². The number of pyridine rings is 1. The molecular weight excluding hydrogens is 255 g/mol. The van der Waals surface area contributed by atoms with Crippen LogP contribution < -0.4 is 4.57 Å². The van der Waals surface area contributed by atoms with Crippen molar-refractivity contribution in [2.45, 2.75) is 13.3 Å². The van der Waals surface area contributed by atoms with Crippen LogP contribution in [0.2, 0.25) is 0 Å². The normalized spacial score (nSPS) is 15.5. The molecule has 8 heteroatoms. The van der Waals surface area contributed by atoms with Gasteiger partial charge in [0.15, 0.2) is 11.9 Å². The van der Waals surface area contributed by atoms with Gasteiger partial charge in [-0.05, 0) is 0 Å². The summed E-state index contributed by atoms with van der Waals surface area (Å²) in [4.78, 5) is 0.